The summed E-state index contributed by atoms with van der Waals surface area (Å²) in [7, 11) is 0. The van der Waals surface area contributed by atoms with E-state index in [1.807, 2.05) is 36.9 Å². The van der Waals surface area contributed by atoms with Crippen LogP contribution in [0.25, 0.3) is 11.5 Å². The van der Waals surface area contributed by atoms with Gasteiger partial charge in [-0.3, -0.25) is 4.79 Å². The van der Waals surface area contributed by atoms with Crippen molar-refractivity contribution in [3.8, 4) is 11.5 Å². The predicted octanol–water partition coefficient (Wildman–Crippen LogP) is 3.11. The fourth-order valence-electron chi connectivity index (χ4n) is 2.47. The van der Waals surface area contributed by atoms with Crippen molar-refractivity contribution in [2.45, 2.75) is 19.4 Å². The first-order chi connectivity index (χ1) is 10.7. The Morgan fingerprint density at radius 2 is 2.39 bits per heavy atom. The van der Waals surface area contributed by atoms with E-state index < -0.39 is 0 Å². The number of hydrogen-bond donors (Lipinski definition) is 2. The molecule has 0 aliphatic carbocycles. The van der Waals surface area contributed by atoms with Crippen molar-refractivity contribution in [3.63, 3.8) is 0 Å². The first kappa shape index (κ1) is 17.8. The first-order valence-corrected chi connectivity index (χ1v) is 8.49. The Kier molecular flexibility index (Phi) is 6.50. The number of nitrogens with one attached hydrogen (secondary N) is 2. The highest BCUT2D eigenvalue weighted by Crippen LogP contribution is 2.25. The molecule has 1 aliphatic rings. The maximum atomic E-state index is 12.2. The number of thioether (sulfide) groups is 1. The van der Waals surface area contributed by atoms with Crippen LogP contribution in [0.1, 0.15) is 12.0 Å². The summed E-state index contributed by atoms with van der Waals surface area (Å²) in [6.07, 6.45) is 3.66. The van der Waals surface area contributed by atoms with E-state index in [2.05, 4.69) is 15.6 Å². The van der Waals surface area contributed by atoms with Gasteiger partial charge in [0.05, 0.1) is 6.20 Å². The van der Waals surface area contributed by atoms with Crippen molar-refractivity contribution in [2.75, 3.05) is 23.4 Å². The number of aromatic nitrogens is 1. The number of carbonyl (C=O) groups is 1. The predicted molar refractivity (Wildman–Crippen MR) is 96.3 cm³/mol. The van der Waals surface area contributed by atoms with Gasteiger partial charge in [-0.15, -0.1) is 12.4 Å². The molecule has 3 rings (SSSR count). The molecule has 23 heavy (non-hydrogen) atoms. The number of halogens is 1. The van der Waals surface area contributed by atoms with Crippen LogP contribution in [0.15, 0.2) is 35.1 Å². The molecule has 1 aromatic heterocycles. The topological polar surface area (TPSA) is 67.2 Å². The SMILES string of the molecule is Cc1ccc(NC(=O)CC2CSCCN2)cc1-c1ncco1.Cl. The van der Waals surface area contributed by atoms with E-state index in [4.69, 9.17) is 4.42 Å². The number of benzene rings is 1. The molecule has 0 spiro atoms. The van der Waals surface area contributed by atoms with E-state index in [-0.39, 0.29) is 24.4 Å². The Hall–Kier alpha value is -1.50. The van der Waals surface area contributed by atoms with Crippen LogP contribution in [0.3, 0.4) is 0 Å². The van der Waals surface area contributed by atoms with Gasteiger partial charge in [0.2, 0.25) is 11.8 Å². The molecule has 7 heteroatoms. The molecular weight excluding hydrogens is 334 g/mol. The molecule has 1 saturated heterocycles. The maximum absolute atomic E-state index is 12.2. The molecule has 1 unspecified atom stereocenters. The summed E-state index contributed by atoms with van der Waals surface area (Å²) in [6, 6.07) is 6.03. The third kappa shape index (κ3) is 4.73. The van der Waals surface area contributed by atoms with Gasteiger partial charge in [-0.05, 0) is 24.6 Å². The molecule has 2 heterocycles. The van der Waals surface area contributed by atoms with Crippen molar-refractivity contribution in [1.82, 2.24) is 10.3 Å². The molecule has 1 atom stereocenters. The van der Waals surface area contributed by atoms with Crippen molar-refractivity contribution in [2.24, 2.45) is 0 Å². The van der Waals surface area contributed by atoms with Gasteiger partial charge in [-0.1, -0.05) is 6.07 Å². The second-order valence-electron chi connectivity index (χ2n) is 5.35. The van der Waals surface area contributed by atoms with Gasteiger partial charge in [0, 0.05) is 41.8 Å². The zero-order chi connectivity index (χ0) is 15.4. The zero-order valence-electron chi connectivity index (χ0n) is 12.9. The molecule has 0 saturated carbocycles. The van der Waals surface area contributed by atoms with E-state index >= 15 is 0 Å². The van der Waals surface area contributed by atoms with Gasteiger partial charge in [-0.25, -0.2) is 4.98 Å². The highest BCUT2D eigenvalue weighted by atomic mass is 35.5. The number of aryl methyl sites for hydroxylation is 1. The summed E-state index contributed by atoms with van der Waals surface area (Å²) in [5.41, 5.74) is 2.73. The largest absolute Gasteiger partial charge is 0.445 e. The monoisotopic (exact) mass is 353 g/mol. The molecule has 1 aromatic carbocycles. The minimum Gasteiger partial charge on any atom is -0.445 e. The van der Waals surface area contributed by atoms with Gasteiger partial charge < -0.3 is 15.1 Å². The standard InChI is InChI=1S/C16H19N3O2S.ClH/c1-11-2-3-12(8-14(11)16-18-4-6-21-16)19-15(20)9-13-10-22-7-5-17-13;/h2-4,6,8,13,17H,5,7,9-10H2,1H3,(H,19,20);1H. The quantitative estimate of drug-likeness (QED) is 0.884. The van der Waals surface area contributed by atoms with Crippen LogP contribution < -0.4 is 10.6 Å². The molecule has 124 valence electrons. The molecule has 0 radical (unpaired) electrons. The second kappa shape index (κ2) is 8.38. The summed E-state index contributed by atoms with van der Waals surface area (Å²) in [4.78, 5) is 16.3. The second-order valence-corrected chi connectivity index (χ2v) is 6.50. The number of nitrogens with zero attached hydrogens (tertiary/aromatic N) is 1. The molecule has 1 amide bonds. The number of anilines is 1. The summed E-state index contributed by atoms with van der Waals surface area (Å²) in [5, 5.41) is 6.33. The van der Waals surface area contributed by atoms with Crippen LogP contribution in [-0.4, -0.2) is 35.0 Å². The van der Waals surface area contributed by atoms with Gasteiger partial charge in [-0.2, -0.15) is 11.8 Å². The fraction of sp³-hybridized carbons (Fsp3) is 0.375. The lowest BCUT2D eigenvalue weighted by atomic mass is 10.1. The Labute approximate surface area is 146 Å². The third-order valence-electron chi connectivity index (χ3n) is 3.61. The van der Waals surface area contributed by atoms with Crippen LogP contribution in [0, 0.1) is 6.92 Å². The van der Waals surface area contributed by atoms with Crippen LogP contribution in [0.2, 0.25) is 0 Å². The van der Waals surface area contributed by atoms with E-state index in [0.29, 0.717) is 12.3 Å². The highest BCUT2D eigenvalue weighted by molar-refractivity contribution is 7.99. The smallest absolute Gasteiger partial charge is 0.226 e. The summed E-state index contributed by atoms with van der Waals surface area (Å²) >= 11 is 1.89. The third-order valence-corrected chi connectivity index (χ3v) is 4.75. The minimum atomic E-state index is 0. The average molecular weight is 354 g/mol. The zero-order valence-corrected chi connectivity index (χ0v) is 14.5. The Bertz CT molecular complexity index is 643. The van der Waals surface area contributed by atoms with Crippen molar-refractivity contribution >= 4 is 35.8 Å². The van der Waals surface area contributed by atoms with Crippen LogP contribution in [0.4, 0.5) is 5.69 Å². The van der Waals surface area contributed by atoms with E-state index in [1.54, 1.807) is 12.5 Å². The first-order valence-electron chi connectivity index (χ1n) is 7.34. The summed E-state index contributed by atoms with van der Waals surface area (Å²) in [5.74, 6) is 2.71. The average Bonchev–Trinajstić information content (AvgIpc) is 3.04. The van der Waals surface area contributed by atoms with Crippen molar-refractivity contribution in [1.29, 1.82) is 0 Å². The lowest BCUT2D eigenvalue weighted by Crippen LogP contribution is -2.39. The molecule has 2 N–H and O–H groups in total. The van der Waals surface area contributed by atoms with Gasteiger partial charge in [0.1, 0.15) is 6.26 Å². The number of carbonyl (C=O) groups excluding carboxylic acids is 1. The Morgan fingerprint density at radius 1 is 1.52 bits per heavy atom. The number of rotatable bonds is 4. The van der Waals surface area contributed by atoms with Crippen LogP contribution >= 0.6 is 24.2 Å². The van der Waals surface area contributed by atoms with Gasteiger partial charge in [0.25, 0.3) is 0 Å². The van der Waals surface area contributed by atoms with Crippen LogP contribution in [0.5, 0.6) is 0 Å². The molecule has 1 fully saturated rings. The molecule has 0 bridgehead atoms. The van der Waals surface area contributed by atoms with E-state index in [1.165, 1.54) is 0 Å². The number of oxazole rings is 1. The van der Waals surface area contributed by atoms with Crippen LogP contribution in [-0.2, 0) is 4.79 Å². The molecule has 1 aliphatic heterocycles. The van der Waals surface area contributed by atoms with Crippen molar-refractivity contribution in [3.05, 3.63) is 36.2 Å². The molecule has 5 nitrogen and oxygen atoms in total. The van der Waals surface area contributed by atoms with Gasteiger partial charge >= 0.3 is 0 Å². The Morgan fingerprint density at radius 3 is 3.09 bits per heavy atom. The summed E-state index contributed by atoms with van der Waals surface area (Å²) in [6.45, 7) is 2.97. The van der Waals surface area contributed by atoms with Gasteiger partial charge in [0.15, 0.2) is 0 Å². The number of hydrogen-bond acceptors (Lipinski definition) is 5. The van der Waals surface area contributed by atoms with Crippen molar-refractivity contribution < 1.29 is 9.21 Å². The lowest BCUT2D eigenvalue weighted by Gasteiger charge is -2.22. The Balaban J connectivity index is 0.00000192. The fourth-order valence-corrected chi connectivity index (χ4v) is 3.42. The normalized spacial score (nSPS) is 17.3. The summed E-state index contributed by atoms with van der Waals surface area (Å²) < 4.78 is 5.35. The maximum Gasteiger partial charge on any atom is 0.226 e. The molecular formula is C16H20ClN3O2S. The minimum absolute atomic E-state index is 0. The molecule has 2 aromatic rings. The van der Waals surface area contributed by atoms with E-state index in [0.717, 1.165) is 34.9 Å². The number of amides is 1. The highest BCUT2D eigenvalue weighted by Gasteiger charge is 2.17. The van der Waals surface area contributed by atoms with E-state index in [9.17, 15) is 4.79 Å². The lowest BCUT2D eigenvalue weighted by molar-refractivity contribution is -0.116.